The van der Waals surface area contributed by atoms with E-state index in [0.717, 1.165) is 40.8 Å². The Labute approximate surface area is 129 Å². The van der Waals surface area contributed by atoms with Crippen LogP contribution in [0.15, 0.2) is 29.4 Å². The maximum atomic E-state index is 9.71. The first-order chi connectivity index (χ1) is 9.72. The SMILES string of the molecule is CCCSc1nc(CC)c(CO)n1-c1ccccc1Cl. The first-order valence-electron chi connectivity index (χ1n) is 6.81. The van der Waals surface area contributed by atoms with Crippen molar-refractivity contribution < 1.29 is 5.11 Å². The number of hydrogen-bond donors (Lipinski definition) is 1. The van der Waals surface area contributed by atoms with Gasteiger partial charge in [-0.15, -0.1) is 0 Å². The lowest BCUT2D eigenvalue weighted by molar-refractivity contribution is 0.272. The largest absolute Gasteiger partial charge is 0.390 e. The summed E-state index contributed by atoms with van der Waals surface area (Å²) in [5.41, 5.74) is 2.65. The number of aromatic nitrogens is 2. The average molecular weight is 311 g/mol. The Kier molecular flexibility index (Phi) is 5.52. The number of halogens is 1. The molecular formula is C15H19ClN2OS. The first-order valence-corrected chi connectivity index (χ1v) is 8.18. The average Bonchev–Trinajstić information content (AvgIpc) is 2.83. The molecule has 5 heteroatoms. The van der Waals surface area contributed by atoms with Gasteiger partial charge in [0.05, 0.1) is 28.7 Å². The van der Waals surface area contributed by atoms with Gasteiger partial charge in [0.15, 0.2) is 5.16 Å². The first kappa shape index (κ1) is 15.4. The zero-order chi connectivity index (χ0) is 14.5. The van der Waals surface area contributed by atoms with Crippen LogP contribution in [0.4, 0.5) is 0 Å². The van der Waals surface area contributed by atoms with Crippen LogP contribution in [0.1, 0.15) is 31.7 Å². The molecule has 20 heavy (non-hydrogen) atoms. The second-order valence-corrected chi connectivity index (χ2v) is 5.90. The third-order valence-electron chi connectivity index (χ3n) is 3.04. The molecule has 0 bridgehead atoms. The molecule has 0 unspecified atom stereocenters. The summed E-state index contributed by atoms with van der Waals surface area (Å²) >= 11 is 8.01. The van der Waals surface area contributed by atoms with Crippen LogP contribution in [0.2, 0.25) is 5.02 Å². The number of aryl methyl sites for hydroxylation is 1. The van der Waals surface area contributed by atoms with Crippen molar-refractivity contribution in [3.05, 3.63) is 40.7 Å². The molecule has 2 aromatic rings. The number of imidazole rings is 1. The monoisotopic (exact) mass is 310 g/mol. The number of aliphatic hydroxyl groups is 1. The van der Waals surface area contributed by atoms with Gasteiger partial charge in [-0.1, -0.05) is 49.3 Å². The van der Waals surface area contributed by atoms with Crippen LogP contribution in [0.5, 0.6) is 0 Å². The zero-order valence-electron chi connectivity index (χ0n) is 11.8. The molecule has 0 fully saturated rings. The molecule has 1 heterocycles. The van der Waals surface area contributed by atoms with E-state index in [-0.39, 0.29) is 6.61 Å². The van der Waals surface area contributed by atoms with Crippen LogP contribution < -0.4 is 0 Å². The molecule has 1 aromatic carbocycles. The summed E-state index contributed by atoms with van der Waals surface area (Å²) in [6.07, 6.45) is 1.88. The Morgan fingerprint density at radius 3 is 2.65 bits per heavy atom. The van der Waals surface area contributed by atoms with Crippen LogP contribution in [-0.4, -0.2) is 20.4 Å². The zero-order valence-corrected chi connectivity index (χ0v) is 13.3. The lowest BCUT2D eigenvalue weighted by Gasteiger charge is -2.12. The summed E-state index contributed by atoms with van der Waals surface area (Å²) in [5, 5.41) is 11.3. The van der Waals surface area contributed by atoms with E-state index < -0.39 is 0 Å². The van der Waals surface area contributed by atoms with Gasteiger partial charge in [0.25, 0.3) is 0 Å². The van der Waals surface area contributed by atoms with E-state index >= 15 is 0 Å². The van der Waals surface area contributed by atoms with E-state index in [1.807, 2.05) is 35.8 Å². The van der Waals surface area contributed by atoms with Crippen LogP contribution in [0, 0.1) is 0 Å². The molecule has 1 N–H and O–H groups in total. The molecule has 0 amide bonds. The third kappa shape index (κ3) is 3.03. The minimum Gasteiger partial charge on any atom is -0.390 e. The molecule has 0 saturated heterocycles. The minimum atomic E-state index is -0.0336. The maximum absolute atomic E-state index is 9.71. The quantitative estimate of drug-likeness (QED) is 0.817. The summed E-state index contributed by atoms with van der Waals surface area (Å²) in [7, 11) is 0. The van der Waals surface area contributed by atoms with Crippen molar-refractivity contribution >= 4 is 23.4 Å². The van der Waals surface area contributed by atoms with Crippen molar-refractivity contribution in [3.63, 3.8) is 0 Å². The maximum Gasteiger partial charge on any atom is 0.173 e. The Bertz CT molecular complexity index is 583. The number of para-hydroxylation sites is 1. The lowest BCUT2D eigenvalue weighted by Crippen LogP contribution is -2.04. The second-order valence-electron chi connectivity index (χ2n) is 4.43. The number of nitrogens with zero attached hydrogens (tertiary/aromatic N) is 2. The molecule has 0 spiro atoms. The highest BCUT2D eigenvalue weighted by atomic mass is 35.5. The fourth-order valence-corrected chi connectivity index (χ4v) is 3.21. The van der Waals surface area contributed by atoms with Gasteiger partial charge in [-0.3, -0.25) is 4.57 Å². The second kappa shape index (κ2) is 7.16. The van der Waals surface area contributed by atoms with Gasteiger partial charge in [0.2, 0.25) is 0 Å². The Hall–Kier alpha value is -0.970. The molecule has 0 aliphatic rings. The number of rotatable bonds is 6. The number of benzene rings is 1. The molecule has 0 saturated carbocycles. The number of thioether (sulfide) groups is 1. The highest BCUT2D eigenvalue weighted by molar-refractivity contribution is 7.99. The number of hydrogen-bond acceptors (Lipinski definition) is 3. The third-order valence-corrected chi connectivity index (χ3v) is 4.50. The Balaban J connectivity index is 2.58. The normalized spacial score (nSPS) is 11.0. The minimum absolute atomic E-state index is 0.0336. The van der Waals surface area contributed by atoms with Crippen LogP contribution in [-0.2, 0) is 13.0 Å². The van der Waals surface area contributed by atoms with Crippen LogP contribution in [0.3, 0.4) is 0 Å². The van der Waals surface area contributed by atoms with Crippen molar-refractivity contribution in [2.45, 2.75) is 38.5 Å². The fourth-order valence-electron chi connectivity index (χ4n) is 2.09. The lowest BCUT2D eigenvalue weighted by atomic mass is 10.2. The molecule has 108 valence electrons. The van der Waals surface area contributed by atoms with E-state index in [1.165, 1.54) is 0 Å². The highest BCUT2D eigenvalue weighted by Crippen LogP contribution is 2.30. The van der Waals surface area contributed by atoms with Gasteiger partial charge in [-0.25, -0.2) is 4.98 Å². The Morgan fingerprint density at radius 1 is 1.30 bits per heavy atom. The van der Waals surface area contributed by atoms with Gasteiger partial charge in [-0.05, 0) is 25.0 Å². The molecule has 0 aliphatic carbocycles. The smallest absolute Gasteiger partial charge is 0.173 e. The van der Waals surface area contributed by atoms with Crippen molar-refractivity contribution in [2.75, 3.05) is 5.75 Å². The van der Waals surface area contributed by atoms with Gasteiger partial charge in [0.1, 0.15) is 0 Å². The molecule has 3 nitrogen and oxygen atoms in total. The Morgan fingerprint density at radius 2 is 2.05 bits per heavy atom. The summed E-state index contributed by atoms with van der Waals surface area (Å²) in [6.45, 7) is 4.16. The standard InChI is InChI=1S/C15H19ClN2OS/c1-3-9-20-15-17-12(4-2)14(10-19)18(15)13-8-6-5-7-11(13)16/h5-8,19H,3-4,9-10H2,1-2H3. The summed E-state index contributed by atoms with van der Waals surface area (Å²) < 4.78 is 1.99. The van der Waals surface area contributed by atoms with E-state index in [4.69, 9.17) is 11.6 Å². The summed E-state index contributed by atoms with van der Waals surface area (Å²) in [4.78, 5) is 4.66. The van der Waals surface area contributed by atoms with E-state index in [2.05, 4.69) is 11.9 Å². The van der Waals surface area contributed by atoms with Gasteiger partial charge < -0.3 is 5.11 Å². The van der Waals surface area contributed by atoms with Crippen molar-refractivity contribution in [1.82, 2.24) is 9.55 Å². The van der Waals surface area contributed by atoms with E-state index in [1.54, 1.807) is 11.8 Å². The topological polar surface area (TPSA) is 38.1 Å². The molecular weight excluding hydrogens is 292 g/mol. The van der Waals surface area contributed by atoms with Crippen LogP contribution in [0.25, 0.3) is 5.69 Å². The van der Waals surface area contributed by atoms with Gasteiger partial charge in [-0.2, -0.15) is 0 Å². The summed E-state index contributed by atoms with van der Waals surface area (Å²) in [6, 6.07) is 7.67. The molecule has 0 radical (unpaired) electrons. The molecule has 2 rings (SSSR count). The van der Waals surface area contributed by atoms with Gasteiger partial charge in [0, 0.05) is 5.75 Å². The van der Waals surface area contributed by atoms with Crippen molar-refractivity contribution in [3.8, 4) is 5.69 Å². The van der Waals surface area contributed by atoms with Crippen LogP contribution >= 0.6 is 23.4 Å². The van der Waals surface area contributed by atoms with Gasteiger partial charge >= 0.3 is 0 Å². The summed E-state index contributed by atoms with van der Waals surface area (Å²) in [5.74, 6) is 0.996. The highest BCUT2D eigenvalue weighted by Gasteiger charge is 2.18. The molecule has 0 aliphatic heterocycles. The predicted octanol–water partition coefficient (Wildman–Crippen LogP) is 4.08. The molecule has 1 aromatic heterocycles. The number of aliphatic hydroxyl groups excluding tert-OH is 1. The fraction of sp³-hybridized carbons (Fsp3) is 0.400. The van der Waals surface area contributed by atoms with E-state index in [9.17, 15) is 5.11 Å². The van der Waals surface area contributed by atoms with Crippen molar-refractivity contribution in [2.24, 2.45) is 0 Å². The predicted molar refractivity (Wildman–Crippen MR) is 84.9 cm³/mol. The van der Waals surface area contributed by atoms with Crippen molar-refractivity contribution in [1.29, 1.82) is 0 Å². The molecule has 0 atom stereocenters. The van der Waals surface area contributed by atoms with E-state index in [0.29, 0.717) is 5.02 Å².